The number of hydrogen-bond acceptors (Lipinski definition) is 0. The number of hydrogen-bond donors (Lipinski definition) is 0. The molecule has 0 fully saturated rings. The Morgan fingerprint density at radius 2 is 1.17 bits per heavy atom. The van der Waals surface area contributed by atoms with Crippen LogP contribution in [0.4, 0.5) is 0 Å². The van der Waals surface area contributed by atoms with Crippen LogP contribution in [-0.4, -0.2) is 30.8 Å². The number of benzene rings is 5. The van der Waals surface area contributed by atoms with Gasteiger partial charge in [0.2, 0.25) is 0 Å². The molecule has 0 unspecified atom stereocenters. The van der Waals surface area contributed by atoms with Crippen LogP contribution in [0.2, 0.25) is 0 Å². The Balaban J connectivity index is 1.16. The van der Waals surface area contributed by atoms with E-state index in [1.807, 2.05) is 0 Å². The van der Waals surface area contributed by atoms with Crippen LogP contribution in [0.3, 0.4) is 0 Å². The van der Waals surface area contributed by atoms with E-state index < -0.39 is 0 Å². The van der Waals surface area contributed by atoms with Crippen molar-refractivity contribution in [1.29, 1.82) is 0 Å². The van der Waals surface area contributed by atoms with Crippen molar-refractivity contribution in [2.45, 2.75) is 96.8 Å². The van der Waals surface area contributed by atoms with Gasteiger partial charge in [0, 0.05) is 0 Å². The third kappa shape index (κ3) is 4.58. The Bertz CT molecular complexity index is 2680. The van der Waals surface area contributed by atoms with Gasteiger partial charge in [-0.05, 0) is 0 Å². The standard InChI is InChI=1S/C49H47BN2Se/c1-48(2,3)30-26-38-47-46(27-30)53-45-29-32(52-43-20-12-8-16-35(43)36-17-9-13-21-44(36)52)23-25-39(45)50(47)40-28-31(22-24-37(40)49(38,4)5)51-41-18-10-6-14-33(41)34-15-7-11-19-42(34)51/h6,8,10,12,14,16,18,20,22-29H,7,9,11,13,15,17,19,21H2,1-5H3. The number of fused-ring (bicyclic) bond motifs is 10. The molecule has 0 atom stereocenters. The van der Waals surface area contributed by atoms with E-state index in [-0.39, 0.29) is 32.5 Å². The Morgan fingerprint density at radius 3 is 1.81 bits per heavy atom. The van der Waals surface area contributed by atoms with Gasteiger partial charge in [-0.15, -0.1) is 0 Å². The zero-order valence-electron chi connectivity index (χ0n) is 31.8. The Kier molecular flexibility index (Phi) is 6.92. The topological polar surface area (TPSA) is 9.86 Å². The molecule has 0 N–H and O–H groups in total. The Labute approximate surface area is 320 Å². The van der Waals surface area contributed by atoms with E-state index in [0.29, 0.717) is 0 Å². The second-order valence-electron chi connectivity index (χ2n) is 17.8. The number of nitrogens with zero attached hydrogens (tertiary/aromatic N) is 2. The van der Waals surface area contributed by atoms with Gasteiger partial charge in [0.15, 0.2) is 0 Å². The van der Waals surface area contributed by atoms with Crippen molar-refractivity contribution < 1.29 is 0 Å². The summed E-state index contributed by atoms with van der Waals surface area (Å²) in [5, 5.41) is 2.89. The molecule has 2 nitrogen and oxygen atoms in total. The fourth-order valence-electron chi connectivity index (χ4n) is 10.8. The summed E-state index contributed by atoms with van der Waals surface area (Å²) in [4.78, 5) is 0. The van der Waals surface area contributed by atoms with Crippen molar-refractivity contribution in [2.24, 2.45) is 0 Å². The zero-order valence-corrected chi connectivity index (χ0v) is 33.5. The second kappa shape index (κ2) is 11.4. The van der Waals surface area contributed by atoms with Crippen LogP contribution < -0.4 is 25.3 Å². The number of aromatic nitrogens is 2. The van der Waals surface area contributed by atoms with Gasteiger partial charge in [-0.2, -0.15) is 0 Å². The molecule has 2 aliphatic carbocycles. The van der Waals surface area contributed by atoms with Gasteiger partial charge in [0.05, 0.1) is 0 Å². The molecule has 4 aliphatic rings. The maximum atomic E-state index is 2.63. The minimum atomic E-state index is -0.0927. The molecule has 0 bridgehead atoms. The van der Waals surface area contributed by atoms with Gasteiger partial charge in [-0.3, -0.25) is 0 Å². The molecule has 0 amide bonds. The van der Waals surface area contributed by atoms with E-state index in [1.165, 1.54) is 117 Å². The summed E-state index contributed by atoms with van der Waals surface area (Å²) in [7, 11) is 0. The predicted molar refractivity (Wildman–Crippen MR) is 227 cm³/mol. The maximum absolute atomic E-state index is 2.63. The average molecular weight is 754 g/mol. The van der Waals surface area contributed by atoms with Crippen LogP contribution in [0.1, 0.15) is 99.5 Å². The van der Waals surface area contributed by atoms with E-state index in [1.54, 1.807) is 25.5 Å². The first-order valence-electron chi connectivity index (χ1n) is 20.1. The summed E-state index contributed by atoms with van der Waals surface area (Å²) in [5.41, 5.74) is 20.7. The van der Waals surface area contributed by atoms with Gasteiger partial charge < -0.3 is 0 Å². The molecule has 11 rings (SSSR count). The van der Waals surface area contributed by atoms with Gasteiger partial charge in [-0.1, -0.05) is 0 Å². The van der Waals surface area contributed by atoms with Crippen molar-refractivity contribution in [3.63, 3.8) is 0 Å². The van der Waals surface area contributed by atoms with Crippen LogP contribution >= 0.6 is 0 Å². The van der Waals surface area contributed by atoms with Crippen molar-refractivity contribution in [3.05, 3.63) is 136 Å². The van der Waals surface area contributed by atoms with Crippen LogP contribution in [0.5, 0.6) is 0 Å². The van der Waals surface area contributed by atoms with E-state index in [2.05, 4.69) is 141 Å². The first kappa shape index (κ1) is 32.2. The second-order valence-corrected chi connectivity index (χ2v) is 20.1. The molecule has 7 aromatic rings. The summed E-state index contributed by atoms with van der Waals surface area (Å²) < 4.78 is 8.39. The summed E-state index contributed by atoms with van der Waals surface area (Å²) in [6, 6.07) is 38.7. The van der Waals surface area contributed by atoms with Crippen molar-refractivity contribution in [3.8, 4) is 11.4 Å². The SMILES string of the molecule is CC(C)(C)c1cc2c3c(c1)C(C)(C)c1ccc(-n4c5c(c6ccccc64)CCCC5)cc1B3c1ccc(-n3c4c(c5ccccc53)CCCC4)cc1[Se]2. The molecule has 2 aromatic heterocycles. The summed E-state index contributed by atoms with van der Waals surface area (Å²) >= 11 is 0.205. The molecule has 262 valence electrons. The number of para-hydroxylation sites is 2. The van der Waals surface area contributed by atoms with Crippen molar-refractivity contribution in [2.75, 3.05) is 0 Å². The third-order valence-electron chi connectivity index (χ3n) is 13.4. The first-order chi connectivity index (χ1) is 25.7. The summed E-state index contributed by atoms with van der Waals surface area (Å²) in [6.07, 6.45) is 9.84. The van der Waals surface area contributed by atoms with Gasteiger partial charge in [0.25, 0.3) is 0 Å². The van der Waals surface area contributed by atoms with E-state index in [0.717, 1.165) is 6.42 Å². The number of aryl methyl sites for hydroxylation is 2. The minimum absolute atomic E-state index is 0.0805. The Hall–Kier alpha value is -4.24. The molecular weight excluding hydrogens is 706 g/mol. The van der Waals surface area contributed by atoms with Crippen molar-refractivity contribution in [1.82, 2.24) is 9.13 Å². The fourth-order valence-corrected chi connectivity index (χ4v) is 13.4. The molecule has 0 spiro atoms. The van der Waals surface area contributed by atoms with E-state index >= 15 is 0 Å². The molecule has 2 aliphatic heterocycles. The number of rotatable bonds is 2. The quantitative estimate of drug-likeness (QED) is 0.160. The fraction of sp³-hybridized carbons (Fsp3) is 0.306. The molecule has 4 heteroatoms. The zero-order chi connectivity index (χ0) is 35.8. The third-order valence-corrected chi connectivity index (χ3v) is 15.8. The molecule has 53 heavy (non-hydrogen) atoms. The van der Waals surface area contributed by atoms with Gasteiger partial charge >= 0.3 is 322 Å². The first-order valence-corrected chi connectivity index (χ1v) is 21.8. The van der Waals surface area contributed by atoms with Crippen molar-refractivity contribution >= 4 is 68.8 Å². The normalized spacial score (nSPS) is 17.0. The van der Waals surface area contributed by atoms with Gasteiger partial charge in [0.1, 0.15) is 0 Å². The molecule has 5 aromatic carbocycles. The van der Waals surface area contributed by atoms with E-state index in [4.69, 9.17) is 0 Å². The predicted octanol–water partition coefficient (Wildman–Crippen LogP) is 7.75. The monoisotopic (exact) mass is 754 g/mol. The molecular formula is C49H47BN2Se. The van der Waals surface area contributed by atoms with Crippen LogP contribution in [0, 0.1) is 0 Å². The van der Waals surface area contributed by atoms with Crippen LogP contribution in [-0.2, 0) is 36.5 Å². The van der Waals surface area contributed by atoms with Crippen LogP contribution in [0.25, 0.3) is 33.2 Å². The van der Waals surface area contributed by atoms with E-state index in [9.17, 15) is 0 Å². The van der Waals surface area contributed by atoms with Crippen LogP contribution in [0.15, 0.2) is 97.1 Å². The molecule has 0 radical (unpaired) electrons. The summed E-state index contributed by atoms with van der Waals surface area (Å²) in [6.45, 7) is 12.4. The molecule has 0 saturated carbocycles. The average Bonchev–Trinajstić information content (AvgIpc) is 3.68. The summed E-state index contributed by atoms with van der Waals surface area (Å²) in [5.74, 6) is 0. The van der Waals surface area contributed by atoms with Gasteiger partial charge in [-0.25, -0.2) is 0 Å². The Morgan fingerprint density at radius 1 is 0.585 bits per heavy atom. The molecule has 4 heterocycles. The molecule has 0 saturated heterocycles.